The summed E-state index contributed by atoms with van der Waals surface area (Å²) in [6.07, 6.45) is -0.593. The number of aliphatic hydroxyl groups is 1. The van der Waals surface area contributed by atoms with Gasteiger partial charge in [-0.3, -0.25) is 19.4 Å². The normalized spacial score (nSPS) is 11.8. The molecule has 0 bridgehead atoms. The first kappa shape index (κ1) is 29.2. The molecular weight excluding hydrogens is 500 g/mol. The van der Waals surface area contributed by atoms with E-state index in [0.717, 1.165) is 6.08 Å². The zero-order chi connectivity index (χ0) is 27.6. The predicted octanol–water partition coefficient (Wildman–Crippen LogP) is 2.34. The summed E-state index contributed by atoms with van der Waals surface area (Å²) >= 11 is 0. The van der Waals surface area contributed by atoms with Crippen LogP contribution in [-0.2, 0) is 20.8 Å². The van der Waals surface area contributed by atoms with Crippen LogP contribution in [0.25, 0.3) is 6.08 Å². The molecule has 1 aromatic carbocycles. The summed E-state index contributed by atoms with van der Waals surface area (Å²) in [4.78, 5) is 40.1. The molecule has 0 radical (unpaired) electrons. The minimum atomic E-state index is -4.64. The lowest BCUT2D eigenvalue weighted by molar-refractivity contribution is -0.146. The van der Waals surface area contributed by atoms with Gasteiger partial charge in [-0.1, -0.05) is 12.1 Å². The number of ether oxygens (including phenoxy) is 1. The molecule has 2 rings (SSSR count). The fourth-order valence-corrected chi connectivity index (χ4v) is 3.02. The Labute approximate surface area is 209 Å². The highest BCUT2D eigenvalue weighted by Gasteiger charge is 2.36. The molecule has 0 aliphatic rings. The van der Waals surface area contributed by atoms with Crippen molar-refractivity contribution in [1.82, 2.24) is 15.6 Å². The number of aliphatic hydroxyl groups excluding tert-OH is 1. The van der Waals surface area contributed by atoms with Crippen molar-refractivity contribution in [3.63, 3.8) is 0 Å². The molecule has 1 heterocycles. The van der Waals surface area contributed by atoms with Crippen molar-refractivity contribution in [1.29, 1.82) is 0 Å². The predicted molar refractivity (Wildman–Crippen MR) is 126 cm³/mol. The summed E-state index contributed by atoms with van der Waals surface area (Å²) in [6, 6.07) is 5.44. The molecule has 200 valence electrons. The van der Waals surface area contributed by atoms with Gasteiger partial charge in [0.15, 0.2) is 11.4 Å². The number of hydrogen-bond donors (Lipinski definition) is 4. The van der Waals surface area contributed by atoms with Gasteiger partial charge in [0, 0.05) is 30.8 Å². The molecule has 9 nitrogen and oxygen atoms in total. The highest BCUT2D eigenvalue weighted by Crippen LogP contribution is 2.36. The van der Waals surface area contributed by atoms with Gasteiger partial charge in [-0.25, -0.2) is 4.39 Å². The second-order valence-electron chi connectivity index (χ2n) is 8.20. The standard InChI is InChI=1S/C24H26F4N4O5/c1-23(2,22(36)31-13-24(26,27)28)37-21-16(11-15-3-5-17(25)6-4-15)12-30-18(20(21)32-14-34)7-8-19(35)29-9-10-33/h3-8,12,14,33H,9-11,13H2,1-2H3,(H,29,35)(H,31,36)(H,32,34)/b8-7+. The fourth-order valence-electron chi connectivity index (χ4n) is 3.02. The quantitative estimate of drug-likeness (QED) is 0.191. The summed E-state index contributed by atoms with van der Waals surface area (Å²) in [7, 11) is 0. The van der Waals surface area contributed by atoms with E-state index in [9.17, 15) is 31.9 Å². The van der Waals surface area contributed by atoms with Gasteiger partial charge >= 0.3 is 6.18 Å². The van der Waals surface area contributed by atoms with E-state index in [1.54, 1.807) is 5.32 Å². The highest BCUT2D eigenvalue weighted by atomic mass is 19.4. The second-order valence-corrected chi connectivity index (χ2v) is 8.20. The summed E-state index contributed by atoms with van der Waals surface area (Å²) in [6.45, 7) is 0.625. The maximum Gasteiger partial charge on any atom is 0.405 e. The SMILES string of the molecule is CC(C)(Oc1c(Cc2ccc(F)cc2)cnc(/C=C/C(=O)NCCO)c1NC=O)C(=O)NCC(F)(F)F. The number of rotatable bonds is 12. The maximum absolute atomic E-state index is 13.4. The Morgan fingerprint density at radius 2 is 1.81 bits per heavy atom. The number of alkyl halides is 3. The third-order valence-corrected chi connectivity index (χ3v) is 4.80. The average molecular weight is 526 g/mol. The van der Waals surface area contributed by atoms with Crippen LogP contribution in [0.3, 0.4) is 0 Å². The molecule has 13 heteroatoms. The lowest BCUT2D eigenvalue weighted by atomic mass is 10.0. The van der Waals surface area contributed by atoms with Crippen molar-refractivity contribution in [2.24, 2.45) is 0 Å². The number of anilines is 1. The topological polar surface area (TPSA) is 130 Å². The van der Waals surface area contributed by atoms with Crippen molar-refractivity contribution in [2.75, 3.05) is 25.0 Å². The van der Waals surface area contributed by atoms with E-state index in [2.05, 4.69) is 15.6 Å². The van der Waals surface area contributed by atoms with Gasteiger partial charge < -0.3 is 25.8 Å². The third kappa shape index (κ3) is 9.18. The van der Waals surface area contributed by atoms with Gasteiger partial charge in [-0.2, -0.15) is 13.2 Å². The number of aromatic nitrogens is 1. The number of hydrogen-bond acceptors (Lipinski definition) is 6. The zero-order valence-electron chi connectivity index (χ0n) is 20.0. The first-order valence-corrected chi connectivity index (χ1v) is 10.9. The van der Waals surface area contributed by atoms with Gasteiger partial charge in [0.1, 0.15) is 18.0 Å². The summed E-state index contributed by atoms with van der Waals surface area (Å²) in [5.41, 5.74) is -0.943. The monoisotopic (exact) mass is 526 g/mol. The summed E-state index contributed by atoms with van der Waals surface area (Å²) < 4.78 is 57.1. The molecule has 0 saturated heterocycles. The minimum Gasteiger partial charge on any atom is -0.475 e. The summed E-state index contributed by atoms with van der Waals surface area (Å²) in [5, 5.41) is 15.4. The van der Waals surface area contributed by atoms with E-state index < -0.39 is 36.0 Å². The van der Waals surface area contributed by atoms with Crippen molar-refractivity contribution < 1.29 is 41.8 Å². The smallest absolute Gasteiger partial charge is 0.405 e. The summed E-state index contributed by atoms with van der Waals surface area (Å²) in [5.74, 6) is -2.21. The fraction of sp³-hybridized carbons (Fsp3) is 0.333. The van der Waals surface area contributed by atoms with E-state index in [1.165, 1.54) is 50.4 Å². The number of nitrogens with one attached hydrogen (secondary N) is 3. The first-order valence-electron chi connectivity index (χ1n) is 10.9. The minimum absolute atomic E-state index is 0.00222. The molecule has 0 spiro atoms. The van der Waals surface area contributed by atoms with Gasteiger partial charge in [-0.15, -0.1) is 0 Å². The molecule has 0 aliphatic carbocycles. The van der Waals surface area contributed by atoms with Crippen LogP contribution < -0.4 is 20.7 Å². The van der Waals surface area contributed by atoms with Crippen LogP contribution in [0.5, 0.6) is 5.75 Å². The molecule has 4 N–H and O–H groups in total. The number of halogens is 4. The van der Waals surface area contributed by atoms with Crippen molar-refractivity contribution in [2.45, 2.75) is 32.0 Å². The molecule has 0 saturated carbocycles. The lowest BCUT2D eigenvalue weighted by Gasteiger charge is -2.28. The van der Waals surface area contributed by atoms with E-state index in [-0.39, 0.29) is 36.7 Å². The lowest BCUT2D eigenvalue weighted by Crippen LogP contribution is -2.49. The number of pyridine rings is 1. The van der Waals surface area contributed by atoms with Gasteiger partial charge in [0.05, 0.1) is 12.3 Å². The van der Waals surface area contributed by atoms with Gasteiger partial charge in [0.2, 0.25) is 12.3 Å². The van der Waals surface area contributed by atoms with Crippen LogP contribution in [0, 0.1) is 5.82 Å². The average Bonchev–Trinajstić information content (AvgIpc) is 2.83. The second kappa shape index (κ2) is 12.8. The van der Waals surface area contributed by atoms with Crippen LogP contribution in [0.4, 0.5) is 23.2 Å². The highest BCUT2D eigenvalue weighted by molar-refractivity contribution is 5.93. The van der Waals surface area contributed by atoms with Crippen LogP contribution in [0.15, 0.2) is 36.5 Å². The molecule has 1 aromatic heterocycles. The Balaban J connectivity index is 2.53. The Morgan fingerprint density at radius 3 is 2.41 bits per heavy atom. The Morgan fingerprint density at radius 1 is 1.14 bits per heavy atom. The molecule has 0 unspecified atom stereocenters. The Hall–Kier alpha value is -4.00. The molecule has 0 atom stereocenters. The van der Waals surface area contributed by atoms with Crippen LogP contribution in [-0.4, -0.2) is 59.8 Å². The number of nitrogens with zero attached hydrogens (tertiary/aromatic N) is 1. The Kier molecular flexibility index (Phi) is 10.1. The van der Waals surface area contributed by atoms with E-state index in [0.29, 0.717) is 17.5 Å². The van der Waals surface area contributed by atoms with Crippen molar-refractivity contribution >= 4 is 30.0 Å². The molecule has 37 heavy (non-hydrogen) atoms. The molecule has 0 aliphatic heterocycles. The maximum atomic E-state index is 13.4. The Bertz CT molecular complexity index is 1140. The molecule has 0 fully saturated rings. The van der Waals surface area contributed by atoms with Crippen LogP contribution in [0.1, 0.15) is 30.7 Å². The van der Waals surface area contributed by atoms with E-state index >= 15 is 0 Å². The van der Waals surface area contributed by atoms with Gasteiger partial charge in [0.25, 0.3) is 5.91 Å². The number of carbonyl (C=O) groups excluding carboxylic acids is 3. The van der Waals surface area contributed by atoms with Gasteiger partial charge in [-0.05, 0) is 37.6 Å². The van der Waals surface area contributed by atoms with Crippen LogP contribution in [0.2, 0.25) is 0 Å². The number of benzene rings is 1. The largest absolute Gasteiger partial charge is 0.475 e. The van der Waals surface area contributed by atoms with Crippen molar-refractivity contribution in [3.8, 4) is 5.75 Å². The zero-order valence-corrected chi connectivity index (χ0v) is 20.0. The van der Waals surface area contributed by atoms with E-state index in [1.807, 2.05) is 0 Å². The number of amides is 3. The molecule has 2 aromatic rings. The van der Waals surface area contributed by atoms with Crippen molar-refractivity contribution in [3.05, 3.63) is 59.2 Å². The van der Waals surface area contributed by atoms with Crippen LogP contribution >= 0.6 is 0 Å². The first-order chi connectivity index (χ1) is 17.4. The molecular formula is C24H26F4N4O5. The van der Waals surface area contributed by atoms with E-state index in [4.69, 9.17) is 9.84 Å². The number of carbonyl (C=O) groups is 3. The third-order valence-electron chi connectivity index (χ3n) is 4.80. The molecule has 3 amide bonds.